The van der Waals surface area contributed by atoms with Crippen LogP contribution in [0.3, 0.4) is 0 Å². The molecule has 2 aromatic heterocycles. The van der Waals surface area contributed by atoms with Crippen molar-refractivity contribution in [2.75, 3.05) is 18.0 Å². The van der Waals surface area contributed by atoms with Gasteiger partial charge < -0.3 is 9.88 Å². The third-order valence-electron chi connectivity index (χ3n) is 3.50. The summed E-state index contributed by atoms with van der Waals surface area (Å²) in [5.41, 5.74) is 2.43. The summed E-state index contributed by atoms with van der Waals surface area (Å²) in [6.07, 6.45) is 3.83. The number of aromatic amines is 2. The Kier molecular flexibility index (Phi) is 3.62. The second kappa shape index (κ2) is 5.73. The van der Waals surface area contributed by atoms with Crippen LogP contribution in [0.4, 0.5) is 5.69 Å². The molecule has 0 atom stereocenters. The molecule has 6 nitrogen and oxygen atoms in total. The van der Waals surface area contributed by atoms with E-state index in [1.165, 1.54) is 16.6 Å². The molecule has 0 spiro atoms. The number of nitrogens with one attached hydrogen (secondary N) is 2. The zero-order valence-corrected chi connectivity index (χ0v) is 11.5. The van der Waals surface area contributed by atoms with E-state index in [0.29, 0.717) is 0 Å². The molecule has 2 heterocycles. The van der Waals surface area contributed by atoms with Crippen LogP contribution < -0.4 is 4.90 Å². The molecule has 6 heteroatoms. The molecule has 3 rings (SSSR count). The van der Waals surface area contributed by atoms with Crippen molar-refractivity contribution in [1.82, 2.24) is 25.6 Å². The SMILES string of the molecule is CCN(CCCc1nn[nH]n1)c1ccc2[nH]ccc2c1. The van der Waals surface area contributed by atoms with Crippen LogP contribution in [0, 0.1) is 0 Å². The highest BCUT2D eigenvalue weighted by Gasteiger charge is 2.06. The smallest absolute Gasteiger partial charge is 0.174 e. The standard InChI is InChI=1S/C14H18N6/c1-2-20(9-3-4-14-16-18-19-17-14)12-5-6-13-11(10-12)7-8-15-13/h5-8,10,15H,2-4,9H2,1H3,(H,16,17,18,19). The lowest BCUT2D eigenvalue weighted by molar-refractivity contribution is 0.723. The highest BCUT2D eigenvalue weighted by atomic mass is 15.5. The molecule has 2 N–H and O–H groups in total. The number of fused-ring (bicyclic) bond motifs is 1. The lowest BCUT2D eigenvalue weighted by atomic mass is 10.2. The zero-order chi connectivity index (χ0) is 13.8. The second-order valence-corrected chi connectivity index (χ2v) is 4.76. The van der Waals surface area contributed by atoms with Gasteiger partial charge in [-0.2, -0.15) is 5.21 Å². The molecule has 0 unspecified atom stereocenters. The van der Waals surface area contributed by atoms with Gasteiger partial charge in [0.05, 0.1) is 0 Å². The van der Waals surface area contributed by atoms with E-state index in [1.807, 2.05) is 6.20 Å². The summed E-state index contributed by atoms with van der Waals surface area (Å²) in [7, 11) is 0. The van der Waals surface area contributed by atoms with Crippen molar-refractivity contribution in [3.8, 4) is 0 Å². The van der Waals surface area contributed by atoms with Gasteiger partial charge in [0.1, 0.15) is 0 Å². The van der Waals surface area contributed by atoms with Gasteiger partial charge in [0, 0.05) is 42.3 Å². The topological polar surface area (TPSA) is 73.5 Å². The summed E-state index contributed by atoms with van der Waals surface area (Å²) in [6.45, 7) is 4.15. The van der Waals surface area contributed by atoms with Crippen LogP contribution in [0.1, 0.15) is 19.2 Å². The van der Waals surface area contributed by atoms with Crippen LogP contribution in [-0.4, -0.2) is 38.7 Å². The summed E-state index contributed by atoms with van der Waals surface area (Å²) < 4.78 is 0. The van der Waals surface area contributed by atoms with Gasteiger partial charge in [0.2, 0.25) is 0 Å². The molecule has 0 bridgehead atoms. The summed E-state index contributed by atoms with van der Waals surface area (Å²) in [5.74, 6) is 0.780. The first-order valence-electron chi connectivity index (χ1n) is 6.91. The maximum Gasteiger partial charge on any atom is 0.174 e. The van der Waals surface area contributed by atoms with Crippen molar-refractivity contribution in [2.45, 2.75) is 19.8 Å². The van der Waals surface area contributed by atoms with Crippen LogP contribution in [0.15, 0.2) is 30.5 Å². The summed E-state index contributed by atoms with van der Waals surface area (Å²) in [5, 5.41) is 15.3. The molecule has 0 saturated carbocycles. The number of aromatic nitrogens is 5. The Hall–Kier alpha value is -2.37. The largest absolute Gasteiger partial charge is 0.372 e. The molecular weight excluding hydrogens is 252 g/mol. The Morgan fingerprint density at radius 1 is 1.25 bits per heavy atom. The number of hydrogen-bond acceptors (Lipinski definition) is 4. The van der Waals surface area contributed by atoms with Crippen molar-refractivity contribution >= 4 is 16.6 Å². The third kappa shape index (κ3) is 2.64. The molecule has 104 valence electrons. The first-order valence-corrected chi connectivity index (χ1v) is 6.91. The Morgan fingerprint density at radius 3 is 3.00 bits per heavy atom. The van der Waals surface area contributed by atoms with Crippen LogP contribution in [0.5, 0.6) is 0 Å². The van der Waals surface area contributed by atoms with Crippen molar-refractivity contribution in [1.29, 1.82) is 0 Å². The minimum Gasteiger partial charge on any atom is -0.372 e. The van der Waals surface area contributed by atoms with Gasteiger partial charge in [-0.3, -0.25) is 0 Å². The molecule has 3 aromatic rings. The van der Waals surface area contributed by atoms with E-state index in [0.717, 1.165) is 31.8 Å². The summed E-state index contributed by atoms with van der Waals surface area (Å²) in [6, 6.07) is 8.62. The number of tetrazole rings is 1. The van der Waals surface area contributed by atoms with Crippen LogP contribution in [0.25, 0.3) is 10.9 Å². The third-order valence-corrected chi connectivity index (χ3v) is 3.50. The van der Waals surface area contributed by atoms with E-state index < -0.39 is 0 Å². The van der Waals surface area contributed by atoms with Gasteiger partial charge >= 0.3 is 0 Å². The lowest BCUT2D eigenvalue weighted by Crippen LogP contribution is -2.24. The molecule has 1 aromatic carbocycles. The molecule has 0 amide bonds. The van der Waals surface area contributed by atoms with Crippen molar-refractivity contribution in [3.05, 3.63) is 36.3 Å². The molecule has 0 radical (unpaired) electrons. The minimum atomic E-state index is 0.780. The quantitative estimate of drug-likeness (QED) is 0.719. The molecule has 0 aliphatic rings. The molecule has 0 fully saturated rings. The maximum absolute atomic E-state index is 3.98. The second-order valence-electron chi connectivity index (χ2n) is 4.76. The van der Waals surface area contributed by atoms with Gasteiger partial charge in [-0.05, 0) is 37.6 Å². The van der Waals surface area contributed by atoms with Gasteiger partial charge in [0.15, 0.2) is 5.82 Å². The van der Waals surface area contributed by atoms with Crippen LogP contribution in [0.2, 0.25) is 0 Å². The fourth-order valence-corrected chi connectivity index (χ4v) is 2.42. The van der Waals surface area contributed by atoms with Gasteiger partial charge in [-0.25, -0.2) is 0 Å². The highest BCUT2D eigenvalue weighted by molar-refractivity contribution is 5.83. The Bertz CT molecular complexity index is 657. The first kappa shape index (κ1) is 12.7. The number of rotatable bonds is 6. The Balaban J connectivity index is 1.65. The monoisotopic (exact) mass is 270 g/mol. The number of H-pyrrole nitrogens is 2. The normalized spacial score (nSPS) is 11.1. The van der Waals surface area contributed by atoms with E-state index in [2.05, 4.69) is 61.7 Å². The molecular formula is C14H18N6. The number of aryl methyl sites for hydroxylation is 1. The Labute approximate surface area is 117 Å². The number of benzene rings is 1. The number of nitrogens with zero attached hydrogens (tertiary/aromatic N) is 4. The highest BCUT2D eigenvalue weighted by Crippen LogP contribution is 2.21. The average Bonchev–Trinajstić information content (AvgIpc) is 3.13. The predicted octanol–water partition coefficient (Wildman–Crippen LogP) is 2.14. The number of anilines is 1. The van der Waals surface area contributed by atoms with Gasteiger partial charge in [0.25, 0.3) is 0 Å². The number of hydrogen-bond donors (Lipinski definition) is 2. The van der Waals surface area contributed by atoms with Gasteiger partial charge in [-0.15, -0.1) is 10.2 Å². The molecule has 20 heavy (non-hydrogen) atoms. The molecule has 0 aliphatic heterocycles. The van der Waals surface area contributed by atoms with E-state index in [-0.39, 0.29) is 0 Å². The van der Waals surface area contributed by atoms with Crippen LogP contribution >= 0.6 is 0 Å². The summed E-state index contributed by atoms with van der Waals surface area (Å²) in [4.78, 5) is 5.59. The summed E-state index contributed by atoms with van der Waals surface area (Å²) >= 11 is 0. The fraction of sp³-hybridized carbons (Fsp3) is 0.357. The van der Waals surface area contributed by atoms with E-state index in [4.69, 9.17) is 0 Å². The predicted molar refractivity (Wildman–Crippen MR) is 78.7 cm³/mol. The Morgan fingerprint density at radius 2 is 2.20 bits per heavy atom. The van der Waals surface area contributed by atoms with Crippen LogP contribution in [-0.2, 0) is 6.42 Å². The van der Waals surface area contributed by atoms with Crippen molar-refractivity contribution in [3.63, 3.8) is 0 Å². The first-order chi connectivity index (χ1) is 9.86. The fourth-order valence-electron chi connectivity index (χ4n) is 2.42. The maximum atomic E-state index is 3.98. The van der Waals surface area contributed by atoms with E-state index in [9.17, 15) is 0 Å². The average molecular weight is 270 g/mol. The lowest BCUT2D eigenvalue weighted by Gasteiger charge is -2.23. The zero-order valence-electron chi connectivity index (χ0n) is 11.5. The van der Waals surface area contributed by atoms with Gasteiger partial charge in [-0.1, -0.05) is 5.21 Å². The molecule has 0 aliphatic carbocycles. The van der Waals surface area contributed by atoms with E-state index >= 15 is 0 Å². The van der Waals surface area contributed by atoms with E-state index in [1.54, 1.807) is 0 Å². The van der Waals surface area contributed by atoms with Crippen molar-refractivity contribution in [2.24, 2.45) is 0 Å². The molecule has 0 saturated heterocycles. The minimum absolute atomic E-state index is 0.780. The van der Waals surface area contributed by atoms with Crippen molar-refractivity contribution < 1.29 is 0 Å².